The van der Waals surface area contributed by atoms with Crippen molar-refractivity contribution < 1.29 is 49.0 Å². The summed E-state index contributed by atoms with van der Waals surface area (Å²) >= 11 is 5.92. The van der Waals surface area contributed by atoms with Crippen LogP contribution >= 0.6 is 24.0 Å². The van der Waals surface area contributed by atoms with E-state index >= 15 is 0 Å². The minimum atomic E-state index is -1.91. The summed E-state index contributed by atoms with van der Waals surface area (Å²) in [6.07, 6.45) is -4.60. The Morgan fingerprint density at radius 1 is 1.08 bits per heavy atom. The fourth-order valence-electron chi connectivity index (χ4n) is 6.57. The number of aliphatic hydroxyl groups is 2. The van der Waals surface area contributed by atoms with Crippen molar-refractivity contribution in [3.05, 3.63) is 86.4 Å². The Morgan fingerprint density at radius 2 is 1.76 bits per heavy atom. The molecule has 1 aliphatic heterocycles. The molecule has 6 atom stereocenters. The van der Waals surface area contributed by atoms with Crippen LogP contribution in [0.1, 0.15) is 86.1 Å². The van der Waals surface area contributed by atoms with Crippen molar-refractivity contribution in [2.45, 2.75) is 69.4 Å². The number of nitrogens with one attached hydrogen (secondary N) is 1. The number of halogens is 2. The molecule has 0 aromatic heterocycles. The first-order valence-corrected chi connectivity index (χ1v) is 15.6. The highest BCUT2D eigenvalue weighted by Gasteiger charge is 2.49. The lowest BCUT2D eigenvalue weighted by atomic mass is 9.71. The van der Waals surface area contributed by atoms with E-state index in [1.54, 1.807) is 6.92 Å². The molecule has 1 saturated heterocycles. The van der Waals surface area contributed by atoms with Gasteiger partial charge in [0.1, 0.15) is 22.8 Å². The number of aromatic hydroxyl groups is 2. The summed E-state index contributed by atoms with van der Waals surface area (Å²) < 4.78 is 17.5. The van der Waals surface area contributed by atoms with Crippen LogP contribution in [-0.4, -0.2) is 80.9 Å². The smallest absolute Gasteiger partial charge is 0.271 e. The number of aliphatic hydroxyl groups excluding tert-OH is 1. The van der Waals surface area contributed by atoms with Crippen LogP contribution in [-0.2, 0) is 15.9 Å². The molecule has 6 unspecified atom stereocenters. The second kappa shape index (κ2) is 13.7. The van der Waals surface area contributed by atoms with Gasteiger partial charge in [-0.1, -0.05) is 23.7 Å². The summed E-state index contributed by atoms with van der Waals surface area (Å²) in [5, 5.41) is 50.4. The Labute approximate surface area is 292 Å². The van der Waals surface area contributed by atoms with Crippen molar-refractivity contribution in [3.63, 3.8) is 0 Å². The van der Waals surface area contributed by atoms with Crippen molar-refractivity contribution in [2.24, 2.45) is 10.8 Å². The van der Waals surface area contributed by atoms with E-state index in [-0.39, 0.29) is 70.9 Å². The normalized spacial score (nSPS) is 26.2. The van der Waals surface area contributed by atoms with Gasteiger partial charge in [-0.3, -0.25) is 14.4 Å². The quantitative estimate of drug-likeness (QED) is 0.0969. The first-order valence-electron chi connectivity index (χ1n) is 15.2. The molecular weight excluding hydrogens is 681 g/mol. The van der Waals surface area contributed by atoms with E-state index in [0.29, 0.717) is 5.02 Å². The van der Waals surface area contributed by atoms with E-state index in [1.165, 1.54) is 56.5 Å². The van der Waals surface area contributed by atoms with Gasteiger partial charge in [0.15, 0.2) is 12.1 Å². The Hall–Kier alpha value is -4.08. The summed E-state index contributed by atoms with van der Waals surface area (Å²) in [7, 11) is 1.34. The van der Waals surface area contributed by atoms with Gasteiger partial charge in [-0.05, 0) is 44.2 Å². The van der Waals surface area contributed by atoms with Crippen molar-refractivity contribution in [1.82, 2.24) is 5.43 Å². The number of amides is 1. The van der Waals surface area contributed by atoms with E-state index in [1.807, 2.05) is 0 Å². The average molecular weight is 717 g/mol. The molecule has 3 aliphatic rings. The summed E-state index contributed by atoms with van der Waals surface area (Å²) in [4.78, 5) is 40.5. The van der Waals surface area contributed by atoms with Gasteiger partial charge in [0.2, 0.25) is 5.78 Å². The Balaban J connectivity index is 0.00000468. The molecule has 1 heterocycles. The molecule has 0 spiro atoms. The number of benzene rings is 3. The lowest BCUT2D eigenvalue weighted by molar-refractivity contribution is -0.245. The second-order valence-corrected chi connectivity index (χ2v) is 12.7. The highest BCUT2D eigenvalue weighted by molar-refractivity contribution is 6.31. The van der Waals surface area contributed by atoms with Crippen molar-refractivity contribution in [1.29, 1.82) is 0 Å². The van der Waals surface area contributed by atoms with E-state index in [9.17, 15) is 34.8 Å². The zero-order chi connectivity index (χ0) is 34.7. The highest BCUT2D eigenvalue weighted by Crippen LogP contribution is 2.52. The summed E-state index contributed by atoms with van der Waals surface area (Å²) in [5.74, 6) is -3.19. The number of phenols is 2. The number of phenolic OH excluding ortho intramolecular Hbond substituents is 2. The maximum absolute atomic E-state index is 13.9. The first-order chi connectivity index (χ1) is 22.7. The van der Waals surface area contributed by atoms with E-state index in [2.05, 4.69) is 10.5 Å². The first kappa shape index (κ1) is 36.2. The molecule has 13 nitrogen and oxygen atoms in total. The van der Waals surface area contributed by atoms with Crippen molar-refractivity contribution in [3.8, 4) is 17.2 Å². The van der Waals surface area contributed by atoms with Crippen LogP contribution in [0.3, 0.4) is 0 Å². The Bertz CT molecular complexity index is 1860. The molecule has 0 bridgehead atoms. The number of hydrogen-bond acceptors (Lipinski definition) is 12. The SMILES string of the molecule is COc1cccc2c1C(=O)c1c(O)c3c(c(O)c1C2=O)CC(O)(C(C)=NNC(=O)c1ccc(Cl)cc1)CC3OC1CC(N)C(O)C(C)O1.Cl. The average Bonchev–Trinajstić information content (AvgIpc) is 3.06. The zero-order valence-corrected chi connectivity index (χ0v) is 28.2. The standard InChI is InChI=1S/C34H34ClN3O10.ClH/c1-14-28(39)20(36)11-23(47-14)48-22-13-34(45,15(2)37-38-33(44)16-7-9-17(35)10-8-16)12-19-25(22)32(43)27-26(30(19)41)29(40)18-5-4-6-21(46-3)24(18)31(27)42;/h4-10,14,20,22-23,28,39,41,43,45H,11-13,36H2,1-3H3,(H,38,44);1H. The van der Waals surface area contributed by atoms with Crippen LogP contribution in [0.5, 0.6) is 17.2 Å². The number of nitrogens with zero attached hydrogens (tertiary/aromatic N) is 1. The molecule has 3 aromatic carbocycles. The third kappa shape index (κ3) is 6.27. The molecule has 15 heteroatoms. The molecule has 6 rings (SSSR count). The molecule has 1 amide bonds. The van der Waals surface area contributed by atoms with Gasteiger partial charge in [0.25, 0.3) is 5.91 Å². The summed E-state index contributed by atoms with van der Waals surface area (Å²) in [5.41, 5.74) is 5.83. The highest BCUT2D eigenvalue weighted by atomic mass is 35.5. The Kier molecular flexibility index (Phi) is 10.1. The monoisotopic (exact) mass is 715 g/mol. The number of nitrogens with two attached hydrogens (primary N) is 1. The number of carbonyl (C=O) groups excluding carboxylic acids is 3. The lowest BCUT2D eigenvalue weighted by Gasteiger charge is -2.42. The van der Waals surface area contributed by atoms with Crippen LogP contribution in [0.2, 0.25) is 5.02 Å². The van der Waals surface area contributed by atoms with Gasteiger partial charge in [-0.15, -0.1) is 12.4 Å². The van der Waals surface area contributed by atoms with E-state index in [0.717, 1.165) is 0 Å². The molecule has 2 aliphatic carbocycles. The minimum absolute atomic E-state index is 0. The van der Waals surface area contributed by atoms with Gasteiger partial charge >= 0.3 is 0 Å². The molecule has 1 fully saturated rings. The number of methoxy groups -OCH3 is 1. The predicted molar refractivity (Wildman–Crippen MR) is 179 cm³/mol. The fourth-order valence-corrected chi connectivity index (χ4v) is 6.70. The van der Waals surface area contributed by atoms with Gasteiger partial charge in [-0.25, -0.2) is 5.43 Å². The summed E-state index contributed by atoms with van der Waals surface area (Å²) in [6, 6.07) is 9.80. The van der Waals surface area contributed by atoms with Gasteiger partial charge in [-0.2, -0.15) is 5.10 Å². The predicted octanol–water partition coefficient (Wildman–Crippen LogP) is 3.32. The number of ketones is 2. The summed E-state index contributed by atoms with van der Waals surface area (Å²) in [6.45, 7) is 3.07. The number of carbonyl (C=O) groups is 3. The lowest BCUT2D eigenvalue weighted by Crippen LogP contribution is -2.52. The minimum Gasteiger partial charge on any atom is -0.507 e. The number of fused-ring (bicyclic) bond motifs is 3. The van der Waals surface area contributed by atoms with Crippen LogP contribution < -0.4 is 15.9 Å². The number of rotatable bonds is 6. The molecule has 7 N–H and O–H groups in total. The van der Waals surface area contributed by atoms with Crippen molar-refractivity contribution in [2.75, 3.05) is 7.11 Å². The maximum Gasteiger partial charge on any atom is 0.271 e. The largest absolute Gasteiger partial charge is 0.507 e. The van der Waals surface area contributed by atoms with Crippen molar-refractivity contribution >= 4 is 47.2 Å². The molecule has 49 heavy (non-hydrogen) atoms. The van der Waals surface area contributed by atoms with Crippen LogP contribution in [0.25, 0.3) is 0 Å². The van der Waals surface area contributed by atoms with E-state index in [4.69, 9.17) is 31.5 Å². The van der Waals surface area contributed by atoms with Gasteiger partial charge in [0, 0.05) is 52.6 Å². The van der Waals surface area contributed by atoms with Crippen LogP contribution in [0.4, 0.5) is 0 Å². The number of hydrogen-bond donors (Lipinski definition) is 6. The van der Waals surface area contributed by atoms with E-state index < -0.39 is 76.3 Å². The molecule has 0 saturated carbocycles. The fraction of sp³-hybridized carbons (Fsp3) is 0.353. The molecule has 0 radical (unpaired) electrons. The second-order valence-electron chi connectivity index (χ2n) is 12.2. The molecule has 260 valence electrons. The number of hydrazone groups is 1. The zero-order valence-electron chi connectivity index (χ0n) is 26.6. The number of ether oxygens (including phenoxy) is 3. The van der Waals surface area contributed by atoms with Crippen LogP contribution in [0.15, 0.2) is 47.6 Å². The topological polar surface area (TPSA) is 210 Å². The Morgan fingerprint density at radius 3 is 2.41 bits per heavy atom. The third-order valence-corrected chi connectivity index (χ3v) is 9.50. The third-order valence-electron chi connectivity index (χ3n) is 9.25. The van der Waals surface area contributed by atoms with Gasteiger partial charge < -0.3 is 40.4 Å². The van der Waals surface area contributed by atoms with Gasteiger partial charge in [0.05, 0.1) is 47.8 Å². The molecule has 3 aromatic rings. The maximum atomic E-state index is 13.9. The molecular formula is C34H35Cl2N3O10. The van der Waals surface area contributed by atoms with Crippen LogP contribution in [0, 0.1) is 0 Å².